The number of hydrogen-bond donors (Lipinski definition) is 2. The molecule has 0 radical (unpaired) electrons. The van der Waals surface area contributed by atoms with Crippen molar-refractivity contribution in [3.8, 4) is 0 Å². The standard InChI is InChI=1S/C5H14NO3P/c1-6(2)4-3-5-10(7,8)9/h3-5H2,1-2H3,(H2,7,8,9). The highest BCUT2D eigenvalue weighted by Crippen LogP contribution is 2.28. The number of rotatable bonds is 4. The first kappa shape index (κ1) is 10.1. The van der Waals surface area contributed by atoms with Crippen LogP contribution in [0.25, 0.3) is 0 Å². The molecule has 0 saturated heterocycles. The Balaban J connectivity index is 3.30. The fourth-order valence-corrected chi connectivity index (χ4v) is 1.19. The zero-order chi connectivity index (χ0) is 8.20. The number of quaternary nitrogens is 1. The minimum Gasteiger partial charge on any atom is -0.779 e. The lowest BCUT2D eigenvalue weighted by Gasteiger charge is -2.15. The van der Waals surface area contributed by atoms with Crippen LogP contribution in [0.4, 0.5) is 0 Å². The van der Waals surface area contributed by atoms with E-state index in [1.165, 1.54) is 4.90 Å². The van der Waals surface area contributed by atoms with E-state index in [4.69, 9.17) is 4.89 Å². The highest BCUT2D eigenvalue weighted by atomic mass is 31.2. The van der Waals surface area contributed by atoms with E-state index in [0.29, 0.717) is 6.42 Å². The molecule has 0 aliphatic carbocycles. The summed E-state index contributed by atoms with van der Waals surface area (Å²) in [6.07, 6.45) is 0.428. The summed E-state index contributed by atoms with van der Waals surface area (Å²) in [6.45, 7) is 0.771. The number of nitrogens with one attached hydrogen (secondary N) is 1. The van der Waals surface area contributed by atoms with Gasteiger partial charge in [0.05, 0.1) is 20.6 Å². The van der Waals surface area contributed by atoms with Gasteiger partial charge in [0, 0.05) is 12.6 Å². The second-order valence-corrected chi connectivity index (χ2v) is 4.39. The molecule has 0 saturated carbocycles. The van der Waals surface area contributed by atoms with E-state index < -0.39 is 7.60 Å². The van der Waals surface area contributed by atoms with Crippen LogP contribution < -0.4 is 9.79 Å². The first-order valence-corrected chi connectivity index (χ1v) is 5.00. The van der Waals surface area contributed by atoms with Gasteiger partial charge in [-0.1, -0.05) is 0 Å². The lowest BCUT2D eigenvalue weighted by molar-refractivity contribution is -0.858. The second-order valence-electron chi connectivity index (χ2n) is 2.67. The molecule has 0 spiro atoms. The van der Waals surface area contributed by atoms with E-state index in [0.717, 1.165) is 6.54 Å². The minimum atomic E-state index is -3.99. The van der Waals surface area contributed by atoms with Gasteiger partial charge in [0.2, 0.25) is 0 Å². The van der Waals surface area contributed by atoms with Crippen molar-refractivity contribution < 1.29 is 19.3 Å². The summed E-state index contributed by atoms with van der Waals surface area (Å²) in [6, 6.07) is 0. The van der Waals surface area contributed by atoms with E-state index in [2.05, 4.69) is 0 Å². The molecular formula is C5H14NO3P. The number of hydrogen-bond acceptors (Lipinski definition) is 2. The van der Waals surface area contributed by atoms with Crippen molar-refractivity contribution in [3.05, 3.63) is 0 Å². The van der Waals surface area contributed by atoms with Gasteiger partial charge in [0.1, 0.15) is 7.60 Å². The summed E-state index contributed by atoms with van der Waals surface area (Å²) in [7, 11) is -0.110. The summed E-state index contributed by atoms with van der Waals surface area (Å²) in [5.41, 5.74) is 0. The van der Waals surface area contributed by atoms with E-state index in [1.807, 2.05) is 14.1 Å². The molecule has 0 aromatic rings. The van der Waals surface area contributed by atoms with Crippen molar-refractivity contribution in [2.45, 2.75) is 6.42 Å². The zero-order valence-electron chi connectivity index (χ0n) is 6.33. The molecule has 10 heavy (non-hydrogen) atoms. The minimum absolute atomic E-state index is 0.0990. The van der Waals surface area contributed by atoms with E-state index in [1.54, 1.807) is 0 Å². The van der Waals surface area contributed by atoms with E-state index in [9.17, 15) is 9.46 Å². The maximum Gasteiger partial charge on any atom is 0.132 e. The van der Waals surface area contributed by atoms with E-state index >= 15 is 0 Å². The molecule has 0 aromatic carbocycles. The molecule has 1 unspecified atom stereocenters. The molecule has 1 atom stereocenters. The van der Waals surface area contributed by atoms with Gasteiger partial charge >= 0.3 is 0 Å². The van der Waals surface area contributed by atoms with Crippen molar-refractivity contribution in [2.75, 3.05) is 26.8 Å². The molecule has 0 aliphatic heterocycles. The average Bonchev–Trinajstić information content (AvgIpc) is 1.59. The molecule has 0 rings (SSSR count). The van der Waals surface area contributed by atoms with Crippen molar-refractivity contribution in [1.82, 2.24) is 0 Å². The highest BCUT2D eigenvalue weighted by molar-refractivity contribution is 7.50. The molecule has 62 valence electrons. The van der Waals surface area contributed by atoms with Gasteiger partial charge in [0.15, 0.2) is 0 Å². The predicted octanol–water partition coefficient (Wildman–Crippen LogP) is -1.93. The van der Waals surface area contributed by atoms with Gasteiger partial charge < -0.3 is 19.3 Å². The van der Waals surface area contributed by atoms with E-state index in [-0.39, 0.29) is 6.16 Å². The second kappa shape index (κ2) is 4.09. The Kier molecular flexibility index (Phi) is 4.13. The smallest absolute Gasteiger partial charge is 0.132 e. The third-order valence-electron chi connectivity index (χ3n) is 1.12. The Morgan fingerprint density at radius 2 is 2.10 bits per heavy atom. The third kappa shape index (κ3) is 8.11. The lowest BCUT2D eigenvalue weighted by Crippen LogP contribution is -3.05. The van der Waals surface area contributed by atoms with Crippen molar-refractivity contribution in [2.24, 2.45) is 0 Å². The van der Waals surface area contributed by atoms with Gasteiger partial charge in [0.25, 0.3) is 0 Å². The van der Waals surface area contributed by atoms with Crippen LogP contribution in [0.2, 0.25) is 0 Å². The fourth-order valence-electron chi connectivity index (χ4n) is 0.632. The van der Waals surface area contributed by atoms with Crippen LogP contribution in [0.3, 0.4) is 0 Å². The molecule has 4 nitrogen and oxygen atoms in total. The molecule has 0 amide bonds. The Bertz CT molecular complexity index is 131. The quantitative estimate of drug-likeness (QED) is 0.479. The molecule has 0 heterocycles. The first-order chi connectivity index (χ1) is 4.42. The third-order valence-corrected chi connectivity index (χ3v) is 2.00. The maximum absolute atomic E-state index is 10.2. The summed E-state index contributed by atoms with van der Waals surface area (Å²) in [4.78, 5) is 19.7. The maximum atomic E-state index is 10.2. The Morgan fingerprint density at radius 3 is 2.40 bits per heavy atom. The van der Waals surface area contributed by atoms with Gasteiger partial charge in [-0.15, -0.1) is 0 Å². The normalized spacial score (nSPS) is 17.3. The van der Waals surface area contributed by atoms with Gasteiger partial charge in [-0.25, -0.2) is 0 Å². The fraction of sp³-hybridized carbons (Fsp3) is 1.00. The van der Waals surface area contributed by atoms with Crippen LogP contribution in [0.15, 0.2) is 0 Å². The summed E-state index contributed by atoms with van der Waals surface area (Å²) in [5, 5.41) is 0. The van der Waals surface area contributed by atoms with Crippen molar-refractivity contribution in [3.63, 3.8) is 0 Å². The predicted molar refractivity (Wildman–Crippen MR) is 37.0 cm³/mol. The highest BCUT2D eigenvalue weighted by Gasteiger charge is 2.02. The molecule has 0 aliphatic rings. The molecule has 0 aromatic heterocycles. The SMILES string of the molecule is C[NH+](C)CCCP(=O)([O-])O. The van der Waals surface area contributed by atoms with Gasteiger partial charge in [-0.05, 0) is 0 Å². The van der Waals surface area contributed by atoms with Crippen LogP contribution in [0.5, 0.6) is 0 Å². The Hall–Kier alpha value is 0.110. The van der Waals surface area contributed by atoms with Gasteiger partial charge in [-0.2, -0.15) is 0 Å². The largest absolute Gasteiger partial charge is 0.779 e. The monoisotopic (exact) mass is 167 g/mol. The lowest BCUT2D eigenvalue weighted by atomic mass is 10.5. The molecule has 5 heteroatoms. The molecule has 2 N–H and O–H groups in total. The molecular weight excluding hydrogens is 153 g/mol. The zero-order valence-corrected chi connectivity index (χ0v) is 7.23. The molecule has 0 bridgehead atoms. The summed E-state index contributed by atoms with van der Waals surface area (Å²) in [5.74, 6) is 0. The topological polar surface area (TPSA) is 64.8 Å². The summed E-state index contributed by atoms with van der Waals surface area (Å²) >= 11 is 0. The van der Waals surface area contributed by atoms with Crippen LogP contribution in [0.1, 0.15) is 6.42 Å². The van der Waals surface area contributed by atoms with Gasteiger partial charge in [-0.3, -0.25) is 0 Å². The Morgan fingerprint density at radius 1 is 1.60 bits per heavy atom. The van der Waals surface area contributed by atoms with Crippen molar-refractivity contribution in [1.29, 1.82) is 0 Å². The summed E-state index contributed by atoms with van der Waals surface area (Å²) < 4.78 is 10.2. The van der Waals surface area contributed by atoms with Crippen LogP contribution >= 0.6 is 7.60 Å². The van der Waals surface area contributed by atoms with Crippen LogP contribution in [-0.2, 0) is 4.57 Å². The first-order valence-electron chi connectivity index (χ1n) is 3.23. The van der Waals surface area contributed by atoms with Crippen LogP contribution in [-0.4, -0.2) is 31.7 Å². The van der Waals surface area contributed by atoms with Crippen molar-refractivity contribution >= 4 is 7.60 Å². The van der Waals surface area contributed by atoms with Crippen LogP contribution in [0, 0.1) is 0 Å². The average molecular weight is 167 g/mol. The molecule has 0 fully saturated rings. The Labute approximate surface area is 61.0 Å².